The number of carbonyl (C=O) groups excluding carboxylic acids is 1. The molecule has 17 heavy (non-hydrogen) atoms. The summed E-state index contributed by atoms with van der Waals surface area (Å²) in [6.45, 7) is 4.72. The molecule has 0 aliphatic carbocycles. The van der Waals surface area contributed by atoms with E-state index in [9.17, 15) is 4.79 Å². The lowest BCUT2D eigenvalue weighted by atomic mass is 9.97. The second kappa shape index (κ2) is 7.07. The minimum Gasteiger partial charge on any atom is -0.461 e. The molecule has 0 aliphatic rings. The lowest BCUT2D eigenvalue weighted by Crippen LogP contribution is -2.26. The molecule has 0 aliphatic heterocycles. The maximum Gasteiger partial charge on any atom is 0.311 e. The van der Waals surface area contributed by atoms with Gasteiger partial charge in [-0.3, -0.25) is 4.79 Å². The van der Waals surface area contributed by atoms with Gasteiger partial charge in [-0.15, -0.1) is 0 Å². The molecule has 0 N–H and O–H groups in total. The van der Waals surface area contributed by atoms with Crippen molar-refractivity contribution in [3.8, 4) is 0 Å². The van der Waals surface area contributed by atoms with Gasteiger partial charge in [0.1, 0.15) is 6.61 Å². The van der Waals surface area contributed by atoms with E-state index < -0.39 is 0 Å². The van der Waals surface area contributed by atoms with Gasteiger partial charge < -0.3 is 9.47 Å². The maximum atomic E-state index is 11.8. The molecule has 1 rings (SSSR count). The van der Waals surface area contributed by atoms with Crippen LogP contribution in [0.15, 0.2) is 30.3 Å². The molecule has 94 valence electrons. The van der Waals surface area contributed by atoms with Crippen molar-refractivity contribution in [3.63, 3.8) is 0 Å². The highest BCUT2D eigenvalue weighted by atomic mass is 16.5. The van der Waals surface area contributed by atoms with Crippen LogP contribution in [0.2, 0.25) is 0 Å². The number of rotatable bonds is 6. The molecule has 0 unspecified atom stereocenters. The Kier molecular flexibility index (Phi) is 5.70. The summed E-state index contributed by atoms with van der Waals surface area (Å²) in [5, 5.41) is 0. The van der Waals surface area contributed by atoms with Crippen LogP contribution >= 0.6 is 0 Å². The van der Waals surface area contributed by atoms with Gasteiger partial charge >= 0.3 is 5.97 Å². The number of hydrogen-bond donors (Lipinski definition) is 0. The average Bonchev–Trinajstić information content (AvgIpc) is 2.34. The van der Waals surface area contributed by atoms with Gasteiger partial charge in [-0.25, -0.2) is 0 Å². The van der Waals surface area contributed by atoms with Crippen molar-refractivity contribution in [2.75, 3.05) is 13.7 Å². The highest BCUT2D eigenvalue weighted by molar-refractivity contribution is 5.72. The van der Waals surface area contributed by atoms with Gasteiger partial charge in [-0.2, -0.15) is 0 Å². The Balaban J connectivity index is 2.47. The van der Waals surface area contributed by atoms with Gasteiger partial charge in [-0.1, -0.05) is 44.2 Å². The maximum absolute atomic E-state index is 11.8. The van der Waals surface area contributed by atoms with Crippen LogP contribution < -0.4 is 0 Å². The predicted octanol–water partition coefficient (Wildman–Crippen LogP) is 2.65. The number of esters is 1. The molecule has 0 amide bonds. The highest BCUT2D eigenvalue weighted by Gasteiger charge is 2.23. The summed E-state index contributed by atoms with van der Waals surface area (Å²) in [6, 6.07) is 9.67. The van der Waals surface area contributed by atoms with E-state index in [1.54, 1.807) is 7.11 Å². The van der Waals surface area contributed by atoms with Gasteiger partial charge in [0.2, 0.25) is 0 Å². The van der Waals surface area contributed by atoms with Crippen LogP contribution in [0, 0.1) is 11.8 Å². The molecule has 0 saturated carbocycles. The summed E-state index contributed by atoms with van der Waals surface area (Å²) in [5.74, 6) is -0.160. The molecule has 1 aromatic rings. The SMILES string of the molecule is COC[C@@H](C(=O)OCc1ccccc1)C(C)C. The Morgan fingerprint density at radius 3 is 2.41 bits per heavy atom. The van der Waals surface area contributed by atoms with E-state index in [2.05, 4.69) is 0 Å². The third-order valence-electron chi connectivity index (χ3n) is 2.68. The molecule has 0 aromatic heterocycles. The van der Waals surface area contributed by atoms with E-state index in [1.165, 1.54) is 0 Å². The zero-order valence-corrected chi connectivity index (χ0v) is 10.7. The van der Waals surface area contributed by atoms with Gasteiger partial charge in [0.25, 0.3) is 0 Å². The van der Waals surface area contributed by atoms with Crippen molar-refractivity contribution in [2.24, 2.45) is 11.8 Å². The van der Waals surface area contributed by atoms with Gasteiger partial charge in [0, 0.05) is 7.11 Å². The molecule has 0 bridgehead atoms. The van der Waals surface area contributed by atoms with E-state index in [-0.39, 0.29) is 17.8 Å². The average molecular weight is 236 g/mol. The summed E-state index contributed by atoms with van der Waals surface area (Å²) in [6.07, 6.45) is 0. The normalized spacial score (nSPS) is 12.5. The minimum atomic E-state index is -0.191. The van der Waals surface area contributed by atoms with E-state index in [0.717, 1.165) is 5.56 Å². The van der Waals surface area contributed by atoms with E-state index >= 15 is 0 Å². The quantitative estimate of drug-likeness (QED) is 0.712. The molecule has 0 fully saturated rings. The molecular formula is C14H20O3. The minimum absolute atomic E-state index is 0.189. The number of carbonyl (C=O) groups is 1. The zero-order chi connectivity index (χ0) is 12.7. The summed E-state index contributed by atoms with van der Waals surface area (Å²) in [5.41, 5.74) is 1.00. The second-order valence-electron chi connectivity index (χ2n) is 4.40. The lowest BCUT2D eigenvalue weighted by Gasteiger charge is -2.18. The smallest absolute Gasteiger partial charge is 0.311 e. The van der Waals surface area contributed by atoms with Crippen molar-refractivity contribution in [1.82, 2.24) is 0 Å². The summed E-state index contributed by atoms with van der Waals surface area (Å²) in [4.78, 5) is 11.8. The Morgan fingerprint density at radius 2 is 1.88 bits per heavy atom. The van der Waals surface area contributed by atoms with Crippen LogP contribution in [0.5, 0.6) is 0 Å². The fraction of sp³-hybridized carbons (Fsp3) is 0.500. The van der Waals surface area contributed by atoms with E-state index in [4.69, 9.17) is 9.47 Å². The number of hydrogen-bond acceptors (Lipinski definition) is 3. The highest BCUT2D eigenvalue weighted by Crippen LogP contribution is 2.14. The first-order valence-corrected chi connectivity index (χ1v) is 5.84. The molecule has 0 saturated heterocycles. The lowest BCUT2D eigenvalue weighted by molar-refractivity contribution is -0.153. The largest absolute Gasteiger partial charge is 0.461 e. The van der Waals surface area contributed by atoms with E-state index in [0.29, 0.717) is 13.2 Å². The van der Waals surface area contributed by atoms with Crippen molar-refractivity contribution < 1.29 is 14.3 Å². The van der Waals surface area contributed by atoms with Gasteiger partial charge in [-0.05, 0) is 11.5 Å². The molecule has 0 radical (unpaired) electrons. The number of ether oxygens (including phenoxy) is 2. The van der Waals surface area contributed by atoms with Gasteiger partial charge in [0.05, 0.1) is 12.5 Å². The van der Waals surface area contributed by atoms with Crippen LogP contribution in [-0.2, 0) is 20.9 Å². The van der Waals surface area contributed by atoms with Crippen LogP contribution in [0.4, 0.5) is 0 Å². The van der Waals surface area contributed by atoms with Crippen LogP contribution in [0.3, 0.4) is 0 Å². The van der Waals surface area contributed by atoms with Crippen molar-refractivity contribution in [3.05, 3.63) is 35.9 Å². The molecule has 1 aromatic carbocycles. The Labute approximate surface area is 103 Å². The first-order chi connectivity index (χ1) is 8.15. The second-order valence-corrected chi connectivity index (χ2v) is 4.40. The standard InChI is InChI=1S/C14H20O3/c1-11(2)13(10-16-3)14(15)17-9-12-7-5-4-6-8-12/h4-8,11,13H,9-10H2,1-3H3/t13-/m1/s1. The summed E-state index contributed by atoms with van der Waals surface area (Å²) in [7, 11) is 1.60. The Hall–Kier alpha value is -1.35. The first-order valence-electron chi connectivity index (χ1n) is 5.84. The third-order valence-corrected chi connectivity index (χ3v) is 2.68. The first kappa shape index (κ1) is 13.7. The topological polar surface area (TPSA) is 35.5 Å². The number of benzene rings is 1. The fourth-order valence-corrected chi connectivity index (χ4v) is 1.55. The Morgan fingerprint density at radius 1 is 1.24 bits per heavy atom. The third kappa shape index (κ3) is 4.57. The monoisotopic (exact) mass is 236 g/mol. The van der Waals surface area contributed by atoms with E-state index in [1.807, 2.05) is 44.2 Å². The molecule has 1 atom stereocenters. The fourth-order valence-electron chi connectivity index (χ4n) is 1.55. The molecular weight excluding hydrogens is 216 g/mol. The summed E-state index contributed by atoms with van der Waals surface area (Å²) < 4.78 is 10.3. The molecule has 3 heteroatoms. The van der Waals surface area contributed by atoms with Crippen LogP contribution in [-0.4, -0.2) is 19.7 Å². The Bertz CT molecular complexity index is 333. The van der Waals surface area contributed by atoms with Crippen molar-refractivity contribution in [1.29, 1.82) is 0 Å². The summed E-state index contributed by atoms with van der Waals surface area (Å²) >= 11 is 0. The van der Waals surface area contributed by atoms with Crippen LogP contribution in [0.1, 0.15) is 19.4 Å². The number of methoxy groups -OCH3 is 1. The molecule has 0 heterocycles. The zero-order valence-electron chi connectivity index (χ0n) is 10.7. The molecule has 3 nitrogen and oxygen atoms in total. The predicted molar refractivity (Wildman–Crippen MR) is 66.4 cm³/mol. The van der Waals surface area contributed by atoms with Crippen LogP contribution in [0.25, 0.3) is 0 Å². The van der Waals surface area contributed by atoms with Crippen molar-refractivity contribution >= 4 is 5.97 Å². The molecule has 0 spiro atoms. The van der Waals surface area contributed by atoms with Crippen molar-refractivity contribution in [2.45, 2.75) is 20.5 Å². The van der Waals surface area contributed by atoms with Gasteiger partial charge in [0.15, 0.2) is 0 Å².